The Morgan fingerprint density at radius 1 is 0.939 bits per heavy atom. The minimum Gasteiger partial charge on any atom is -0.358 e. The predicted octanol–water partition coefficient (Wildman–Crippen LogP) is 5.91. The minimum absolute atomic E-state index is 0.148. The van der Waals surface area contributed by atoms with Crippen LogP contribution in [0.25, 0.3) is 0 Å². The highest BCUT2D eigenvalue weighted by Gasteiger charge is 2.45. The van der Waals surface area contributed by atoms with Crippen molar-refractivity contribution in [3.63, 3.8) is 0 Å². The van der Waals surface area contributed by atoms with Gasteiger partial charge in [0.1, 0.15) is 5.82 Å². The van der Waals surface area contributed by atoms with E-state index >= 15 is 0 Å². The zero-order chi connectivity index (χ0) is 22.3. The lowest BCUT2D eigenvalue weighted by molar-refractivity contribution is 0.310. The number of hydrogen-bond donors (Lipinski definition) is 1. The van der Waals surface area contributed by atoms with E-state index in [0.29, 0.717) is 11.3 Å². The fraction of sp³-hybridized carbons (Fsp3) is 0.433. The molecule has 1 aliphatic heterocycles. The summed E-state index contributed by atoms with van der Waals surface area (Å²) < 4.78 is 0. The fourth-order valence-corrected chi connectivity index (χ4v) is 6.83. The molecule has 0 radical (unpaired) electrons. The van der Waals surface area contributed by atoms with Gasteiger partial charge in [0.25, 0.3) is 5.56 Å². The van der Waals surface area contributed by atoms with Gasteiger partial charge in [-0.1, -0.05) is 54.6 Å². The van der Waals surface area contributed by atoms with E-state index in [1.807, 2.05) is 0 Å². The van der Waals surface area contributed by atoms with Crippen LogP contribution in [0, 0.1) is 0 Å². The van der Waals surface area contributed by atoms with E-state index in [0.717, 1.165) is 50.2 Å². The molecule has 3 aromatic rings. The number of nitrogens with zero attached hydrogens (tertiary/aromatic N) is 1. The number of aryl methyl sites for hydroxylation is 2. The van der Waals surface area contributed by atoms with Gasteiger partial charge in [-0.25, -0.2) is 0 Å². The number of anilines is 1. The molecule has 1 saturated heterocycles. The normalized spacial score (nSPS) is 21.1. The highest BCUT2D eigenvalue weighted by atomic mass is 16.1. The molecule has 1 atom stereocenters. The molecule has 6 rings (SSSR count). The van der Waals surface area contributed by atoms with Gasteiger partial charge >= 0.3 is 0 Å². The van der Waals surface area contributed by atoms with Crippen molar-refractivity contribution < 1.29 is 0 Å². The number of nitrogens with one attached hydrogen (secondary N) is 1. The summed E-state index contributed by atoms with van der Waals surface area (Å²) in [5.41, 5.74) is 7.39. The molecule has 2 heterocycles. The first-order valence-corrected chi connectivity index (χ1v) is 12.9. The molecular weight excluding hydrogens is 404 g/mol. The molecule has 1 aromatic heterocycles. The van der Waals surface area contributed by atoms with Crippen LogP contribution < -0.4 is 10.5 Å². The lowest BCUT2D eigenvalue weighted by Crippen LogP contribution is -2.42. The van der Waals surface area contributed by atoms with Crippen molar-refractivity contribution in [2.45, 2.75) is 69.1 Å². The zero-order valence-electron chi connectivity index (χ0n) is 19.5. The molecule has 170 valence electrons. The predicted molar refractivity (Wildman–Crippen MR) is 135 cm³/mol. The molecule has 0 bridgehead atoms. The molecule has 2 aliphatic carbocycles. The Morgan fingerprint density at radius 3 is 2.55 bits per heavy atom. The lowest BCUT2D eigenvalue weighted by Gasteiger charge is -2.41. The largest absolute Gasteiger partial charge is 0.358 e. The summed E-state index contributed by atoms with van der Waals surface area (Å²) in [6, 6.07) is 22.4. The highest BCUT2D eigenvalue weighted by Crippen LogP contribution is 2.53. The van der Waals surface area contributed by atoms with Gasteiger partial charge in [0, 0.05) is 18.7 Å². The van der Waals surface area contributed by atoms with Crippen molar-refractivity contribution in [2.24, 2.45) is 0 Å². The van der Waals surface area contributed by atoms with Crippen molar-refractivity contribution in [1.29, 1.82) is 0 Å². The van der Waals surface area contributed by atoms with Gasteiger partial charge in [0.2, 0.25) is 0 Å². The van der Waals surface area contributed by atoms with Gasteiger partial charge in [-0.3, -0.25) is 4.79 Å². The number of benzene rings is 2. The van der Waals surface area contributed by atoms with Crippen LogP contribution in [0.15, 0.2) is 65.5 Å². The summed E-state index contributed by atoms with van der Waals surface area (Å²) in [5.74, 6) is 1.69. The van der Waals surface area contributed by atoms with Crippen molar-refractivity contribution in [1.82, 2.24) is 4.98 Å². The standard InChI is InChI=1S/C30H34N2O/c33-29-26-12-5-4-10-23(26)20-28(31-29)32-18-16-30(17-19-32)21-24(25-11-6-7-13-27(25)30)15-14-22-8-2-1-3-9-22/h1-3,6-9,11,13,20,24H,4-5,10,12,14-19,21H2,(H,31,33). The van der Waals surface area contributed by atoms with Crippen LogP contribution in [0.3, 0.4) is 0 Å². The number of fused-ring (bicyclic) bond motifs is 3. The molecule has 2 aromatic carbocycles. The molecule has 3 aliphatic rings. The Hall–Kier alpha value is -2.81. The van der Waals surface area contributed by atoms with Gasteiger partial charge in [0.15, 0.2) is 0 Å². The van der Waals surface area contributed by atoms with Gasteiger partial charge in [-0.2, -0.15) is 0 Å². The third-order valence-electron chi connectivity index (χ3n) is 8.63. The fourth-order valence-electron chi connectivity index (χ4n) is 6.83. The second-order valence-electron chi connectivity index (χ2n) is 10.5. The SMILES string of the molecule is O=c1[nH]c(N2CCC3(CC2)CC(CCc2ccccc2)c2ccccc23)cc2c1CCCC2. The first-order valence-electron chi connectivity index (χ1n) is 12.9. The van der Waals surface area contributed by atoms with Crippen LogP contribution in [-0.4, -0.2) is 18.1 Å². The third-order valence-corrected chi connectivity index (χ3v) is 8.63. The maximum atomic E-state index is 12.7. The van der Waals surface area contributed by atoms with E-state index in [2.05, 4.69) is 70.5 Å². The van der Waals surface area contributed by atoms with Crippen LogP contribution in [0.5, 0.6) is 0 Å². The average molecular weight is 439 g/mol. The van der Waals surface area contributed by atoms with E-state index < -0.39 is 0 Å². The van der Waals surface area contributed by atoms with E-state index in [9.17, 15) is 4.79 Å². The monoisotopic (exact) mass is 438 g/mol. The summed E-state index contributed by atoms with van der Waals surface area (Å²) in [4.78, 5) is 18.3. The topological polar surface area (TPSA) is 36.1 Å². The second kappa shape index (κ2) is 8.52. The summed E-state index contributed by atoms with van der Waals surface area (Å²) in [5, 5.41) is 0. The second-order valence-corrected chi connectivity index (χ2v) is 10.5. The quantitative estimate of drug-likeness (QED) is 0.549. The Morgan fingerprint density at radius 2 is 1.70 bits per heavy atom. The molecule has 3 heteroatoms. The number of pyridine rings is 1. The first kappa shape index (κ1) is 20.8. The van der Waals surface area contributed by atoms with Crippen LogP contribution in [-0.2, 0) is 24.7 Å². The van der Waals surface area contributed by atoms with Crippen molar-refractivity contribution >= 4 is 5.82 Å². The summed E-state index contributed by atoms with van der Waals surface area (Å²) in [7, 11) is 0. The summed E-state index contributed by atoms with van der Waals surface area (Å²) >= 11 is 0. The van der Waals surface area contributed by atoms with Gasteiger partial charge in [-0.15, -0.1) is 0 Å². The van der Waals surface area contributed by atoms with Gasteiger partial charge in [0.05, 0.1) is 0 Å². The van der Waals surface area contributed by atoms with E-state index in [1.165, 1.54) is 43.2 Å². The number of rotatable bonds is 4. The maximum Gasteiger partial charge on any atom is 0.252 e. The Balaban J connectivity index is 1.20. The average Bonchev–Trinajstić information content (AvgIpc) is 3.17. The Kier molecular flexibility index (Phi) is 5.36. The number of aromatic amines is 1. The molecule has 1 fully saturated rings. The highest BCUT2D eigenvalue weighted by molar-refractivity contribution is 5.48. The Bertz CT molecular complexity index is 1190. The molecule has 0 saturated carbocycles. The molecule has 1 spiro atoms. The van der Waals surface area contributed by atoms with E-state index in [4.69, 9.17) is 0 Å². The number of hydrogen-bond acceptors (Lipinski definition) is 2. The minimum atomic E-state index is 0.148. The number of piperidine rings is 1. The lowest BCUT2D eigenvalue weighted by atomic mass is 9.73. The van der Waals surface area contributed by atoms with Crippen LogP contribution in [0.4, 0.5) is 5.82 Å². The van der Waals surface area contributed by atoms with Crippen molar-refractivity contribution in [3.8, 4) is 0 Å². The molecular formula is C30H34N2O. The zero-order valence-corrected chi connectivity index (χ0v) is 19.5. The smallest absolute Gasteiger partial charge is 0.252 e. The first-order chi connectivity index (χ1) is 16.2. The van der Waals surface area contributed by atoms with Gasteiger partial charge < -0.3 is 9.88 Å². The maximum absolute atomic E-state index is 12.7. The summed E-state index contributed by atoms with van der Waals surface area (Å²) in [6.45, 7) is 2.04. The van der Waals surface area contributed by atoms with Crippen LogP contribution in [0.1, 0.15) is 72.3 Å². The molecule has 1 N–H and O–H groups in total. The molecule has 0 amide bonds. The van der Waals surface area contributed by atoms with Crippen LogP contribution in [0.2, 0.25) is 0 Å². The van der Waals surface area contributed by atoms with Crippen molar-refractivity contribution in [2.75, 3.05) is 18.0 Å². The van der Waals surface area contributed by atoms with E-state index in [-0.39, 0.29) is 5.56 Å². The molecule has 33 heavy (non-hydrogen) atoms. The summed E-state index contributed by atoms with van der Waals surface area (Å²) in [6.07, 6.45) is 10.3. The van der Waals surface area contributed by atoms with E-state index in [1.54, 1.807) is 11.1 Å². The molecule has 3 nitrogen and oxygen atoms in total. The number of aromatic nitrogens is 1. The third kappa shape index (κ3) is 3.82. The number of H-pyrrole nitrogens is 1. The van der Waals surface area contributed by atoms with Crippen molar-refractivity contribution in [3.05, 3.63) is 98.8 Å². The van der Waals surface area contributed by atoms with Gasteiger partial charge in [-0.05, 0) is 97.4 Å². The van der Waals surface area contributed by atoms with Crippen LogP contribution >= 0.6 is 0 Å². The Labute approximate surface area is 196 Å². The molecule has 1 unspecified atom stereocenters.